The number of hydrogen-bond donors (Lipinski definition) is 1. The predicted octanol–water partition coefficient (Wildman–Crippen LogP) is 2.14. The minimum atomic E-state index is 0.422. The second-order valence-corrected chi connectivity index (χ2v) is 5.54. The highest BCUT2D eigenvalue weighted by Gasteiger charge is 2.22. The van der Waals surface area contributed by atoms with E-state index in [1.165, 1.54) is 12.8 Å². The molecule has 0 saturated heterocycles. The maximum Gasteiger partial charge on any atom is 0.0615 e. The second kappa shape index (κ2) is 11.6. The molecule has 0 aromatic rings. The Morgan fingerprint density at radius 2 is 1.79 bits per heavy atom. The Hall–Kier alpha value is -0.160. The molecule has 0 aliphatic carbocycles. The standard InChI is InChI=1S/C15H34N2O2/c1-7-8-15(11-16-13(2)3)17(9-10-18-5)14(4)12-19-6/h13-16H,7-12H2,1-6H3. The average molecular weight is 274 g/mol. The van der Waals surface area contributed by atoms with Crippen molar-refractivity contribution in [2.24, 2.45) is 0 Å². The fourth-order valence-electron chi connectivity index (χ4n) is 2.39. The quantitative estimate of drug-likeness (QED) is 0.591. The number of ether oxygens (including phenoxy) is 2. The Balaban J connectivity index is 4.58. The van der Waals surface area contributed by atoms with E-state index in [0.717, 1.165) is 26.3 Å². The molecule has 0 fully saturated rings. The first-order valence-corrected chi connectivity index (χ1v) is 7.53. The summed E-state index contributed by atoms with van der Waals surface area (Å²) >= 11 is 0. The van der Waals surface area contributed by atoms with Crippen molar-refractivity contribution in [3.63, 3.8) is 0 Å². The van der Waals surface area contributed by atoms with Crippen molar-refractivity contribution >= 4 is 0 Å². The van der Waals surface area contributed by atoms with Crippen LogP contribution in [0.5, 0.6) is 0 Å². The van der Waals surface area contributed by atoms with Gasteiger partial charge in [-0.15, -0.1) is 0 Å². The van der Waals surface area contributed by atoms with Gasteiger partial charge in [0.1, 0.15) is 0 Å². The summed E-state index contributed by atoms with van der Waals surface area (Å²) in [6, 6.07) is 1.50. The summed E-state index contributed by atoms with van der Waals surface area (Å²) in [7, 11) is 3.53. The van der Waals surface area contributed by atoms with Crippen molar-refractivity contribution in [3.8, 4) is 0 Å². The van der Waals surface area contributed by atoms with Crippen LogP contribution in [0.25, 0.3) is 0 Å². The molecule has 4 nitrogen and oxygen atoms in total. The third kappa shape index (κ3) is 8.58. The Bertz CT molecular complexity index is 201. The first-order valence-electron chi connectivity index (χ1n) is 7.53. The first-order chi connectivity index (χ1) is 9.06. The lowest BCUT2D eigenvalue weighted by atomic mass is 10.1. The van der Waals surface area contributed by atoms with Gasteiger partial charge in [-0.2, -0.15) is 0 Å². The van der Waals surface area contributed by atoms with Crippen LogP contribution in [-0.2, 0) is 9.47 Å². The highest BCUT2D eigenvalue weighted by atomic mass is 16.5. The van der Waals surface area contributed by atoms with Gasteiger partial charge in [0.25, 0.3) is 0 Å². The Morgan fingerprint density at radius 3 is 2.26 bits per heavy atom. The van der Waals surface area contributed by atoms with Crippen molar-refractivity contribution in [2.75, 3.05) is 40.5 Å². The van der Waals surface area contributed by atoms with Gasteiger partial charge in [-0.1, -0.05) is 27.2 Å². The largest absolute Gasteiger partial charge is 0.383 e. The van der Waals surface area contributed by atoms with Crippen molar-refractivity contribution in [1.29, 1.82) is 0 Å². The van der Waals surface area contributed by atoms with Gasteiger partial charge < -0.3 is 14.8 Å². The van der Waals surface area contributed by atoms with Crippen molar-refractivity contribution in [2.45, 2.75) is 58.7 Å². The lowest BCUT2D eigenvalue weighted by Crippen LogP contribution is -2.50. The average Bonchev–Trinajstić information content (AvgIpc) is 2.36. The lowest BCUT2D eigenvalue weighted by molar-refractivity contribution is 0.0433. The monoisotopic (exact) mass is 274 g/mol. The maximum absolute atomic E-state index is 5.32. The molecular formula is C15H34N2O2. The topological polar surface area (TPSA) is 33.7 Å². The molecule has 0 aliphatic rings. The molecule has 0 saturated carbocycles. The first kappa shape index (κ1) is 18.8. The number of hydrogen-bond acceptors (Lipinski definition) is 4. The smallest absolute Gasteiger partial charge is 0.0615 e. The van der Waals surface area contributed by atoms with Crippen LogP contribution in [0.15, 0.2) is 0 Å². The van der Waals surface area contributed by atoms with Crippen molar-refractivity contribution < 1.29 is 9.47 Å². The van der Waals surface area contributed by atoms with E-state index in [1.54, 1.807) is 14.2 Å². The summed E-state index contributed by atoms with van der Waals surface area (Å²) in [6.07, 6.45) is 2.41. The fourth-order valence-corrected chi connectivity index (χ4v) is 2.39. The van der Waals surface area contributed by atoms with Crippen LogP contribution in [0.3, 0.4) is 0 Å². The molecule has 0 bridgehead atoms. The van der Waals surface area contributed by atoms with Gasteiger partial charge in [0.05, 0.1) is 13.2 Å². The summed E-state index contributed by atoms with van der Waals surface area (Å²) in [6.45, 7) is 12.4. The van der Waals surface area contributed by atoms with Crippen LogP contribution in [-0.4, -0.2) is 63.5 Å². The fraction of sp³-hybridized carbons (Fsp3) is 1.00. The van der Waals surface area contributed by atoms with Crippen LogP contribution in [0.4, 0.5) is 0 Å². The zero-order chi connectivity index (χ0) is 14.7. The molecule has 0 aromatic heterocycles. The number of nitrogens with one attached hydrogen (secondary N) is 1. The predicted molar refractivity (Wildman–Crippen MR) is 81.8 cm³/mol. The third-order valence-electron chi connectivity index (χ3n) is 3.38. The van der Waals surface area contributed by atoms with E-state index in [4.69, 9.17) is 9.47 Å². The summed E-state index contributed by atoms with van der Waals surface area (Å²) in [4.78, 5) is 2.52. The van der Waals surface area contributed by atoms with E-state index in [1.807, 2.05) is 0 Å². The molecule has 0 amide bonds. The Kier molecular flexibility index (Phi) is 11.6. The molecule has 0 spiro atoms. The van der Waals surface area contributed by atoms with Gasteiger partial charge in [0, 0.05) is 45.4 Å². The molecule has 0 radical (unpaired) electrons. The van der Waals surface area contributed by atoms with Crippen LogP contribution in [0, 0.1) is 0 Å². The molecule has 0 aromatic carbocycles. The molecule has 4 heteroatoms. The zero-order valence-corrected chi connectivity index (χ0v) is 13.7. The van der Waals surface area contributed by atoms with Gasteiger partial charge in [0.15, 0.2) is 0 Å². The molecule has 0 rings (SSSR count). The number of methoxy groups -OCH3 is 2. The molecule has 2 atom stereocenters. The van der Waals surface area contributed by atoms with Crippen LogP contribution in [0.1, 0.15) is 40.5 Å². The second-order valence-electron chi connectivity index (χ2n) is 5.54. The van der Waals surface area contributed by atoms with Crippen molar-refractivity contribution in [1.82, 2.24) is 10.2 Å². The minimum Gasteiger partial charge on any atom is -0.383 e. The SMILES string of the molecule is CCCC(CNC(C)C)N(CCOC)C(C)COC. The van der Waals surface area contributed by atoms with E-state index in [-0.39, 0.29) is 0 Å². The van der Waals surface area contributed by atoms with E-state index in [0.29, 0.717) is 18.1 Å². The minimum absolute atomic E-state index is 0.422. The summed E-state index contributed by atoms with van der Waals surface area (Å²) in [5.41, 5.74) is 0. The van der Waals surface area contributed by atoms with Gasteiger partial charge >= 0.3 is 0 Å². The van der Waals surface area contributed by atoms with Gasteiger partial charge in [-0.05, 0) is 13.3 Å². The van der Waals surface area contributed by atoms with Crippen LogP contribution in [0.2, 0.25) is 0 Å². The number of nitrogens with zero attached hydrogens (tertiary/aromatic N) is 1. The van der Waals surface area contributed by atoms with Crippen molar-refractivity contribution in [3.05, 3.63) is 0 Å². The molecule has 116 valence electrons. The molecule has 19 heavy (non-hydrogen) atoms. The van der Waals surface area contributed by atoms with Gasteiger partial charge in [0.2, 0.25) is 0 Å². The van der Waals surface area contributed by atoms with E-state index < -0.39 is 0 Å². The Morgan fingerprint density at radius 1 is 1.11 bits per heavy atom. The van der Waals surface area contributed by atoms with Crippen LogP contribution < -0.4 is 5.32 Å². The molecular weight excluding hydrogens is 240 g/mol. The summed E-state index contributed by atoms with van der Waals surface area (Å²) in [5, 5.41) is 3.56. The van der Waals surface area contributed by atoms with Gasteiger partial charge in [-0.25, -0.2) is 0 Å². The zero-order valence-electron chi connectivity index (χ0n) is 13.7. The molecule has 0 aliphatic heterocycles. The Labute approximate surface area is 119 Å². The molecule has 0 heterocycles. The van der Waals surface area contributed by atoms with E-state index in [9.17, 15) is 0 Å². The summed E-state index contributed by atoms with van der Waals surface area (Å²) in [5.74, 6) is 0. The van der Waals surface area contributed by atoms with Crippen LogP contribution >= 0.6 is 0 Å². The highest BCUT2D eigenvalue weighted by Crippen LogP contribution is 2.11. The van der Waals surface area contributed by atoms with E-state index in [2.05, 4.69) is 37.9 Å². The van der Waals surface area contributed by atoms with E-state index >= 15 is 0 Å². The number of rotatable bonds is 12. The third-order valence-corrected chi connectivity index (χ3v) is 3.38. The normalized spacial score (nSPS) is 15.2. The lowest BCUT2D eigenvalue weighted by Gasteiger charge is -2.36. The van der Waals surface area contributed by atoms with Gasteiger partial charge in [-0.3, -0.25) is 4.90 Å². The summed E-state index contributed by atoms with van der Waals surface area (Å²) < 4.78 is 10.6. The maximum atomic E-state index is 5.32. The molecule has 2 unspecified atom stereocenters. The molecule has 1 N–H and O–H groups in total. The highest BCUT2D eigenvalue weighted by molar-refractivity contribution is 4.79.